The number of carbonyl (C=O) groups is 1. The molecule has 0 unspecified atom stereocenters. The van der Waals surface area contributed by atoms with Gasteiger partial charge in [-0.1, -0.05) is 0 Å². The Labute approximate surface area is 109 Å². The lowest BCUT2D eigenvalue weighted by Gasteiger charge is -2.27. The number of aliphatic carboxylic acids is 1. The van der Waals surface area contributed by atoms with Gasteiger partial charge in [0.15, 0.2) is 0 Å². The molecule has 0 aliphatic heterocycles. The maximum atomic E-state index is 10.7. The van der Waals surface area contributed by atoms with Crippen LogP contribution >= 0.6 is 7.26 Å². The molecule has 0 heterocycles. The van der Waals surface area contributed by atoms with Crippen LogP contribution in [-0.2, 0) is 4.79 Å². The second-order valence-electron chi connectivity index (χ2n) is 4.61. The predicted octanol–water partition coefficient (Wildman–Crippen LogP) is 0.626. The van der Waals surface area contributed by atoms with Crippen molar-refractivity contribution in [1.82, 2.24) is 0 Å². The standard InChI is InChI=1S/C12H25O5P/c13-5-1-8-18(9-2-6-14,10-3-7-15)11-4-12(16)17/h13-15H,1-11H2/p+1. The molecule has 0 radical (unpaired) electrons. The average Bonchev–Trinajstić information content (AvgIpc) is 2.37. The number of carboxylic acids is 1. The van der Waals surface area contributed by atoms with E-state index in [1.807, 2.05) is 0 Å². The minimum Gasteiger partial charge on any atom is -0.481 e. The summed E-state index contributed by atoms with van der Waals surface area (Å²) in [5, 5.41) is 35.7. The van der Waals surface area contributed by atoms with Crippen LogP contribution in [0.3, 0.4) is 0 Å². The highest BCUT2D eigenvalue weighted by atomic mass is 31.2. The average molecular weight is 281 g/mol. The molecule has 0 aromatic rings. The number of aliphatic hydroxyl groups is 3. The summed E-state index contributed by atoms with van der Waals surface area (Å²) in [5.74, 6) is -0.795. The molecule has 0 aromatic heterocycles. The van der Waals surface area contributed by atoms with E-state index in [1.165, 1.54) is 0 Å². The number of hydrogen-bond acceptors (Lipinski definition) is 4. The lowest BCUT2D eigenvalue weighted by Crippen LogP contribution is -2.17. The molecule has 0 amide bonds. The van der Waals surface area contributed by atoms with Crippen molar-refractivity contribution in [1.29, 1.82) is 0 Å². The zero-order valence-electron chi connectivity index (χ0n) is 10.9. The van der Waals surface area contributed by atoms with Crippen LogP contribution in [0.4, 0.5) is 0 Å². The first-order valence-electron chi connectivity index (χ1n) is 6.49. The Balaban J connectivity index is 4.55. The Bertz CT molecular complexity index is 201. The van der Waals surface area contributed by atoms with Gasteiger partial charge in [-0.05, 0) is 0 Å². The fourth-order valence-electron chi connectivity index (χ4n) is 2.22. The van der Waals surface area contributed by atoms with E-state index >= 15 is 0 Å². The zero-order valence-corrected chi connectivity index (χ0v) is 11.8. The molecule has 0 rings (SSSR count). The van der Waals surface area contributed by atoms with Crippen LogP contribution in [0.1, 0.15) is 25.7 Å². The van der Waals surface area contributed by atoms with E-state index in [-0.39, 0.29) is 26.2 Å². The topological polar surface area (TPSA) is 98.0 Å². The van der Waals surface area contributed by atoms with E-state index in [9.17, 15) is 4.79 Å². The monoisotopic (exact) mass is 281 g/mol. The summed E-state index contributed by atoms with van der Waals surface area (Å²) in [7, 11) is -1.46. The Morgan fingerprint density at radius 3 is 1.44 bits per heavy atom. The van der Waals surface area contributed by atoms with Crippen molar-refractivity contribution in [2.24, 2.45) is 0 Å². The molecule has 0 aromatic carbocycles. The Morgan fingerprint density at radius 2 is 1.17 bits per heavy atom. The number of rotatable bonds is 12. The molecule has 0 atom stereocenters. The van der Waals surface area contributed by atoms with Gasteiger partial charge in [-0.2, -0.15) is 0 Å². The van der Waals surface area contributed by atoms with Crippen LogP contribution in [0.5, 0.6) is 0 Å². The zero-order chi connectivity index (χ0) is 13.9. The van der Waals surface area contributed by atoms with Crippen LogP contribution in [0.15, 0.2) is 0 Å². The summed E-state index contributed by atoms with van der Waals surface area (Å²) in [6.45, 7) is 0.354. The summed E-state index contributed by atoms with van der Waals surface area (Å²) in [5.41, 5.74) is 0. The van der Waals surface area contributed by atoms with E-state index in [4.69, 9.17) is 20.4 Å². The number of aliphatic hydroxyl groups excluding tert-OH is 3. The minimum atomic E-state index is -1.46. The summed E-state index contributed by atoms with van der Waals surface area (Å²) >= 11 is 0. The molecule has 0 bridgehead atoms. The van der Waals surface area contributed by atoms with Crippen molar-refractivity contribution in [3.05, 3.63) is 0 Å². The van der Waals surface area contributed by atoms with E-state index in [1.54, 1.807) is 0 Å². The lowest BCUT2D eigenvalue weighted by atomic mass is 10.5. The maximum Gasteiger partial charge on any atom is 0.307 e. The number of carboxylic acid groups (broad SMARTS) is 1. The van der Waals surface area contributed by atoms with E-state index in [0.29, 0.717) is 25.4 Å². The van der Waals surface area contributed by atoms with Crippen LogP contribution in [-0.4, -0.2) is 70.9 Å². The lowest BCUT2D eigenvalue weighted by molar-refractivity contribution is -0.136. The first-order valence-corrected chi connectivity index (χ1v) is 9.02. The first-order chi connectivity index (χ1) is 8.60. The first kappa shape index (κ1) is 17.8. The van der Waals surface area contributed by atoms with Gasteiger partial charge in [-0.15, -0.1) is 0 Å². The number of hydrogen-bond donors (Lipinski definition) is 4. The molecule has 0 fully saturated rings. The summed E-state index contributed by atoms with van der Waals surface area (Å²) in [4.78, 5) is 10.7. The van der Waals surface area contributed by atoms with Gasteiger partial charge in [0.25, 0.3) is 0 Å². The van der Waals surface area contributed by atoms with Crippen molar-refractivity contribution in [2.45, 2.75) is 25.7 Å². The summed E-state index contributed by atoms with van der Waals surface area (Å²) < 4.78 is 0. The molecule has 0 spiro atoms. The molecule has 0 aliphatic rings. The highest BCUT2D eigenvalue weighted by Crippen LogP contribution is 2.60. The molecule has 0 saturated heterocycles. The van der Waals surface area contributed by atoms with Crippen molar-refractivity contribution < 1.29 is 25.2 Å². The second-order valence-corrected chi connectivity index (χ2v) is 9.08. The Morgan fingerprint density at radius 1 is 0.778 bits per heavy atom. The van der Waals surface area contributed by atoms with E-state index < -0.39 is 13.2 Å². The van der Waals surface area contributed by atoms with Crippen LogP contribution < -0.4 is 0 Å². The van der Waals surface area contributed by atoms with Gasteiger partial charge in [-0.25, -0.2) is 0 Å². The third kappa shape index (κ3) is 7.98. The van der Waals surface area contributed by atoms with Crippen LogP contribution in [0.2, 0.25) is 0 Å². The van der Waals surface area contributed by atoms with E-state index in [0.717, 1.165) is 18.5 Å². The van der Waals surface area contributed by atoms with Gasteiger partial charge in [0, 0.05) is 46.3 Å². The van der Waals surface area contributed by atoms with Crippen molar-refractivity contribution in [3.63, 3.8) is 0 Å². The third-order valence-electron chi connectivity index (χ3n) is 3.17. The van der Waals surface area contributed by atoms with E-state index in [2.05, 4.69) is 0 Å². The van der Waals surface area contributed by atoms with Crippen LogP contribution in [0.25, 0.3) is 0 Å². The fraction of sp³-hybridized carbons (Fsp3) is 0.917. The SMILES string of the molecule is O=C(O)CC[P+](CCCO)(CCCO)CCCO. The molecule has 5 nitrogen and oxygen atoms in total. The van der Waals surface area contributed by atoms with Crippen molar-refractivity contribution in [2.75, 3.05) is 44.5 Å². The van der Waals surface area contributed by atoms with Gasteiger partial charge in [0.1, 0.15) is 0 Å². The Hall–Kier alpha value is -0.220. The molecular formula is C12H26O5P+. The normalized spacial score (nSPS) is 11.7. The second kappa shape index (κ2) is 10.7. The van der Waals surface area contributed by atoms with Crippen molar-refractivity contribution >= 4 is 13.2 Å². The van der Waals surface area contributed by atoms with Crippen LogP contribution in [0, 0.1) is 0 Å². The van der Waals surface area contributed by atoms with Gasteiger partial charge in [-0.3, -0.25) is 4.79 Å². The smallest absolute Gasteiger partial charge is 0.307 e. The fourth-order valence-corrected chi connectivity index (χ4v) is 6.67. The summed E-state index contributed by atoms with van der Waals surface area (Å²) in [6, 6.07) is 0. The molecule has 6 heteroatoms. The van der Waals surface area contributed by atoms with Gasteiger partial charge < -0.3 is 20.4 Å². The third-order valence-corrected chi connectivity index (χ3v) is 8.14. The Kier molecular flexibility index (Phi) is 10.5. The van der Waals surface area contributed by atoms with Gasteiger partial charge >= 0.3 is 5.97 Å². The molecule has 4 N–H and O–H groups in total. The maximum absolute atomic E-state index is 10.7. The molecule has 108 valence electrons. The molecular weight excluding hydrogens is 255 g/mol. The molecule has 0 aliphatic carbocycles. The predicted molar refractivity (Wildman–Crippen MR) is 73.7 cm³/mol. The quantitative estimate of drug-likeness (QED) is 0.393. The molecule has 0 saturated carbocycles. The van der Waals surface area contributed by atoms with Gasteiger partial charge in [0.05, 0.1) is 31.1 Å². The van der Waals surface area contributed by atoms with Crippen molar-refractivity contribution in [3.8, 4) is 0 Å². The molecule has 18 heavy (non-hydrogen) atoms. The largest absolute Gasteiger partial charge is 0.481 e. The highest BCUT2D eigenvalue weighted by Gasteiger charge is 2.35. The summed E-state index contributed by atoms with van der Waals surface area (Å²) in [6.07, 6.45) is 5.43. The van der Waals surface area contributed by atoms with Gasteiger partial charge in [0.2, 0.25) is 0 Å². The highest BCUT2D eigenvalue weighted by molar-refractivity contribution is 7.75. The minimum absolute atomic E-state index is 0.118.